The molecule has 0 spiro atoms. The number of imide groups is 2. The Morgan fingerprint density at radius 1 is 0.254 bits per heavy atom. The highest BCUT2D eigenvalue weighted by Crippen LogP contribution is 2.60. The summed E-state index contributed by atoms with van der Waals surface area (Å²) in [5.41, 5.74) is 29.9. The van der Waals surface area contributed by atoms with Crippen molar-refractivity contribution in [2.75, 3.05) is 9.80 Å². The van der Waals surface area contributed by atoms with E-state index in [4.69, 9.17) is 18.9 Å². The summed E-state index contributed by atoms with van der Waals surface area (Å²) in [5, 5.41) is 33.7. The minimum Gasteiger partial charge on any atom is -0.457 e. The monoisotopic (exact) mass is 1860 g/mol. The van der Waals surface area contributed by atoms with E-state index in [9.17, 15) is 11.1 Å². The maximum Gasteiger partial charge on any atom is 0.266 e. The molecule has 0 aromatic heterocycles. The number of hydrogen-bond acceptors (Lipinski definition) is 10. The second-order valence-electron chi connectivity index (χ2n) is 44.6. The van der Waals surface area contributed by atoms with Crippen molar-refractivity contribution in [3.8, 4) is 46.0 Å². The number of benzene rings is 18. The van der Waals surface area contributed by atoms with Crippen molar-refractivity contribution < 1.29 is 38.1 Å². The van der Waals surface area contributed by atoms with Gasteiger partial charge in [0.25, 0.3) is 23.6 Å². The minimum atomic E-state index is -0.483. The van der Waals surface area contributed by atoms with Crippen molar-refractivity contribution in [3.63, 3.8) is 0 Å². The third kappa shape index (κ3) is 14.0. The molecule has 0 bridgehead atoms. The summed E-state index contributed by atoms with van der Waals surface area (Å²) in [6.07, 6.45) is 0. The fourth-order valence-corrected chi connectivity index (χ4v) is 22.9. The van der Waals surface area contributed by atoms with Crippen LogP contribution in [0.5, 0.6) is 46.0 Å². The first-order valence-corrected chi connectivity index (χ1v) is 49.4. The van der Waals surface area contributed by atoms with E-state index in [1.54, 1.807) is 0 Å². The predicted molar refractivity (Wildman–Crippen MR) is 583 cm³/mol. The Bertz CT molecular complexity index is 8200. The number of amides is 4. The molecule has 21 aromatic carbocycles. The zero-order valence-corrected chi connectivity index (χ0v) is 83.7. The van der Waals surface area contributed by atoms with Gasteiger partial charge in [-0.3, -0.25) is 19.2 Å². The number of hydrogen-bond donors (Lipinski definition) is 0. The van der Waals surface area contributed by atoms with E-state index >= 15 is 19.2 Å². The molecule has 0 saturated heterocycles. The van der Waals surface area contributed by atoms with Crippen molar-refractivity contribution in [3.05, 3.63) is 341 Å². The maximum absolute atomic E-state index is 16.5. The van der Waals surface area contributed by atoms with E-state index in [0.717, 1.165) is 185 Å². The molecule has 0 radical (unpaired) electrons. The van der Waals surface area contributed by atoms with Gasteiger partial charge >= 0.3 is 0 Å². The van der Waals surface area contributed by atoms with E-state index in [1.807, 2.05) is 97.1 Å². The molecule has 0 aliphatic carbocycles. The largest absolute Gasteiger partial charge is 0.457 e. The number of carbonyl (C=O) groups excluding carboxylic acids is 4. The molecule has 2 aliphatic rings. The van der Waals surface area contributed by atoms with Crippen molar-refractivity contribution in [2.45, 2.75) is 197 Å². The van der Waals surface area contributed by atoms with Gasteiger partial charge in [0.15, 0.2) is 0 Å². The number of fused-ring (bicyclic) bond motifs is 12. The lowest BCUT2D eigenvalue weighted by molar-refractivity contribution is 0.0877. The van der Waals surface area contributed by atoms with Crippen LogP contribution in [-0.4, -0.2) is 23.6 Å². The quantitative estimate of drug-likeness (QED) is 0.0201. The first kappa shape index (κ1) is 90.0. The fraction of sp³-hybridized carbons (Fsp3) is 0.238. The summed E-state index contributed by atoms with van der Waals surface area (Å²) in [6, 6.07) is 84.3. The molecule has 23 rings (SSSR count). The van der Waals surface area contributed by atoms with Crippen molar-refractivity contribution >= 4 is 186 Å². The summed E-state index contributed by atoms with van der Waals surface area (Å²) in [5.74, 6) is 1.53. The second-order valence-corrected chi connectivity index (χ2v) is 44.6. The molecule has 0 saturated carbocycles. The summed E-state index contributed by atoms with van der Waals surface area (Å²) in [6.45, 7) is 42.9. The van der Waals surface area contributed by atoms with Gasteiger partial charge in [0.1, 0.15) is 46.0 Å². The highest BCUT2D eigenvalue weighted by molar-refractivity contribution is 6.50. The lowest BCUT2D eigenvalue weighted by Crippen LogP contribution is -2.42. The first-order chi connectivity index (χ1) is 67.8. The van der Waals surface area contributed by atoms with Crippen LogP contribution in [0, 0.1) is 0 Å². The summed E-state index contributed by atoms with van der Waals surface area (Å²) in [7, 11) is 0. The molecule has 0 N–H and O–H groups in total. The van der Waals surface area contributed by atoms with E-state index in [2.05, 4.69) is 304 Å². The van der Waals surface area contributed by atoms with Crippen LogP contribution < -0.4 is 28.7 Å². The molecule has 2 heterocycles. The number of carbonyl (C=O) groups is 4. The highest BCUT2D eigenvalue weighted by Gasteiger charge is 2.44. The van der Waals surface area contributed by atoms with Crippen LogP contribution in [0.3, 0.4) is 0 Å². The molecule has 16 heteroatoms. The Hall–Kier alpha value is -15.9. The fourth-order valence-electron chi connectivity index (χ4n) is 22.9. The molecule has 0 atom stereocenters. The molecular formula is C126H108N8O8. The minimum absolute atomic E-state index is 0.100. The highest BCUT2D eigenvalue weighted by atomic mass is 16.5. The molecule has 0 unspecified atom stereocenters. The number of azide groups is 2. The Morgan fingerprint density at radius 2 is 0.465 bits per heavy atom. The maximum atomic E-state index is 16.5. The molecule has 142 heavy (non-hydrogen) atoms. The molecular weight excluding hydrogens is 1750 g/mol. The van der Waals surface area contributed by atoms with Crippen LogP contribution in [0.25, 0.3) is 172 Å². The van der Waals surface area contributed by atoms with E-state index in [-0.39, 0.29) is 58.4 Å². The summed E-state index contributed by atoms with van der Waals surface area (Å²) in [4.78, 5) is 74.8. The predicted octanol–water partition coefficient (Wildman–Crippen LogP) is 36.2. The normalized spacial score (nSPS) is 13.5. The van der Waals surface area contributed by atoms with Gasteiger partial charge < -0.3 is 18.9 Å². The number of anilines is 2. The third-order valence-electron chi connectivity index (χ3n) is 30.1. The first-order valence-electron chi connectivity index (χ1n) is 49.4. The lowest BCUT2D eigenvalue weighted by Gasteiger charge is -2.34. The molecule has 16 nitrogen and oxygen atoms in total. The van der Waals surface area contributed by atoms with Gasteiger partial charge in [-0.1, -0.05) is 294 Å². The number of rotatable bonds is 18. The molecule has 700 valence electrons. The smallest absolute Gasteiger partial charge is 0.266 e. The van der Waals surface area contributed by atoms with Gasteiger partial charge in [-0.25, -0.2) is 9.80 Å². The average molecular weight is 1860 g/mol. The Balaban J connectivity index is 0.729. The second kappa shape index (κ2) is 32.4. The van der Waals surface area contributed by atoms with E-state index < -0.39 is 23.6 Å². The lowest BCUT2D eigenvalue weighted by atomic mass is 9.82. The molecule has 21 aromatic rings. The third-order valence-corrected chi connectivity index (χ3v) is 30.1. The topological polar surface area (TPSA) is 209 Å². The standard InChI is InChI=1S/C126H108N8O8/c1-63(2)89-49-67(61-129-131-127)50-90(64(3)4)117(89)133-119(135)97-57-101(139-77-33-25-73(26-34-77)123(9,10)11)111-85-45-41-81-93-53-69-21-23-71-55-95-83-43-47-87-108-88(48-44-84(106(83)108)96(95)56-72(71)24-22-70(69)54-94(93)82-42-46-86(107(85)105(81)82)112-102(58-98(120(133)136)109(97)115(111)112)140-78-35-27-74(28-36-78)124(12,13)14)114-104(142-80-39-31-76(32-40-80)126(18,19)20)60-100-110-99(59-103(113(87)116(110)114)141-79-37-29-75(30-38-79)125(15,16)17)121(137)134(122(100)138)118-91(65(5)6)51-68(62-130-132-128)52-92(118)66(7)8/h21-60,63-66H,61-62H2,1-20H3. The molecule has 2 aliphatic heterocycles. The van der Waals surface area contributed by atoms with Crippen LogP contribution in [-0.2, 0) is 34.7 Å². The number of nitrogens with zero attached hydrogens (tertiary/aromatic N) is 8. The van der Waals surface area contributed by atoms with Crippen LogP contribution in [0.1, 0.15) is 259 Å². The van der Waals surface area contributed by atoms with Gasteiger partial charge in [0.05, 0.1) is 46.7 Å². The van der Waals surface area contributed by atoms with Crippen molar-refractivity contribution in [1.29, 1.82) is 0 Å². The summed E-state index contributed by atoms with van der Waals surface area (Å²) >= 11 is 0. The van der Waals surface area contributed by atoms with Gasteiger partial charge in [-0.05, 0) is 317 Å². The molecule has 0 fully saturated rings. The zero-order chi connectivity index (χ0) is 99.2. The van der Waals surface area contributed by atoms with Gasteiger partial charge in [-0.2, -0.15) is 0 Å². The Morgan fingerprint density at radius 3 is 0.669 bits per heavy atom. The van der Waals surface area contributed by atoms with Gasteiger partial charge in [0, 0.05) is 52.9 Å². The van der Waals surface area contributed by atoms with E-state index in [0.29, 0.717) is 101 Å². The van der Waals surface area contributed by atoms with Crippen LogP contribution in [0.4, 0.5) is 11.4 Å². The zero-order valence-electron chi connectivity index (χ0n) is 83.7. The average Bonchev–Trinajstić information content (AvgIpc) is 1.41. The van der Waals surface area contributed by atoms with Crippen LogP contribution in [0.2, 0.25) is 0 Å². The van der Waals surface area contributed by atoms with Crippen LogP contribution >= 0.6 is 0 Å². The Labute approximate surface area is 823 Å². The SMILES string of the molecule is CC(C)c1cc(CN=[N+]=[N-])cc(C(C)C)c1N1C(=O)c2cc(Oc3ccc(C(C)(C)C)cc3)c3c4ccc5c6cc7ccc8cc9c(cc8ccc7cc6c6ccc(c7c(Oc8ccc(C(C)(C)C)cc8)cc(c2c37)C1=O)c4c56)c1ccc2c3c(Oc4ccc(C(C)(C)C)cc4)cc4c5c(cc(Oc6ccc(C(C)(C)C)cc6)c(c6ccc9c1c62)c53)C(=O)N(c1c(C(C)C)cc(CN=[N+]=[N-])cc1C(C)C)C4=O. The van der Waals surface area contributed by atoms with Crippen LogP contribution in [0.15, 0.2) is 253 Å². The van der Waals surface area contributed by atoms with Gasteiger partial charge in [-0.15, -0.1) is 0 Å². The number of ether oxygens (including phenoxy) is 4. The van der Waals surface area contributed by atoms with E-state index in [1.165, 1.54) is 9.80 Å². The summed E-state index contributed by atoms with van der Waals surface area (Å²) < 4.78 is 29.6. The van der Waals surface area contributed by atoms with Crippen molar-refractivity contribution in [2.24, 2.45) is 10.2 Å². The van der Waals surface area contributed by atoms with Gasteiger partial charge in [0.2, 0.25) is 0 Å². The molecule has 4 amide bonds. The van der Waals surface area contributed by atoms with Crippen molar-refractivity contribution in [1.82, 2.24) is 0 Å². The Kier molecular flexibility index (Phi) is 20.5.